The van der Waals surface area contributed by atoms with Crippen LogP contribution in [0.4, 0.5) is 22.0 Å². The number of hydrogen-bond acceptors (Lipinski definition) is 4. The third-order valence-corrected chi connectivity index (χ3v) is 5.57. The smallest absolute Gasteiger partial charge is 0.422 e. The summed E-state index contributed by atoms with van der Waals surface area (Å²) >= 11 is 0. The molecule has 1 aliphatic heterocycles. The van der Waals surface area contributed by atoms with E-state index < -0.39 is 33.4 Å². The van der Waals surface area contributed by atoms with E-state index in [2.05, 4.69) is 0 Å². The van der Waals surface area contributed by atoms with Gasteiger partial charge < -0.3 is 9.47 Å². The minimum Gasteiger partial charge on any atom is -0.454 e. The molecule has 162 valence electrons. The van der Waals surface area contributed by atoms with Gasteiger partial charge in [-0.1, -0.05) is 12.1 Å². The van der Waals surface area contributed by atoms with Crippen LogP contribution in [0, 0.1) is 11.6 Å². The number of rotatable bonds is 3. The standard InChI is InChI=1S/C20H12F5NO4S/c21-15-5-11(6-16(22)19(15)20(23,24)25)14-8-18-17(29-9-30-18)7-13(14)10-1-3-12(4-2-10)31(26,27)28/h1-8H,9H2,(H2,26,27,28). The summed E-state index contributed by atoms with van der Waals surface area (Å²) in [4.78, 5) is -0.162. The minimum atomic E-state index is -5.20. The molecule has 5 nitrogen and oxygen atoms in total. The van der Waals surface area contributed by atoms with Crippen molar-refractivity contribution in [2.24, 2.45) is 5.14 Å². The molecular formula is C20H12F5NO4S. The molecule has 0 spiro atoms. The van der Waals surface area contributed by atoms with Crippen molar-refractivity contribution < 1.29 is 39.8 Å². The Kier molecular flexibility index (Phi) is 4.90. The first-order chi connectivity index (χ1) is 14.4. The molecule has 0 aliphatic carbocycles. The summed E-state index contributed by atoms with van der Waals surface area (Å²) in [7, 11) is -3.95. The van der Waals surface area contributed by atoms with E-state index in [9.17, 15) is 30.4 Å². The van der Waals surface area contributed by atoms with Crippen molar-refractivity contribution >= 4 is 10.0 Å². The van der Waals surface area contributed by atoms with Crippen LogP contribution >= 0.6 is 0 Å². The van der Waals surface area contributed by atoms with Crippen LogP contribution in [0.25, 0.3) is 22.3 Å². The third kappa shape index (κ3) is 3.93. The summed E-state index contributed by atoms with van der Waals surface area (Å²) < 4.78 is 101. The van der Waals surface area contributed by atoms with Crippen molar-refractivity contribution in [3.63, 3.8) is 0 Å². The summed E-state index contributed by atoms with van der Waals surface area (Å²) in [6, 6.07) is 9.27. The Bertz CT molecular complexity index is 1270. The molecule has 3 aromatic rings. The van der Waals surface area contributed by atoms with Crippen LogP contribution in [-0.2, 0) is 16.2 Å². The molecule has 2 N–H and O–H groups in total. The number of halogens is 5. The van der Waals surface area contributed by atoms with Gasteiger partial charge in [0, 0.05) is 0 Å². The lowest BCUT2D eigenvalue weighted by Crippen LogP contribution is -2.12. The second-order valence-electron chi connectivity index (χ2n) is 6.63. The molecule has 1 heterocycles. The molecular weight excluding hydrogens is 445 g/mol. The number of primary sulfonamides is 1. The van der Waals surface area contributed by atoms with Gasteiger partial charge in [0.1, 0.15) is 17.2 Å². The first-order valence-electron chi connectivity index (χ1n) is 8.58. The molecule has 0 fully saturated rings. The monoisotopic (exact) mass is 457 g/mol. The maximum absolute atomic E-state index is 14.2. The molecule has 4 rings (SSSR count). The van der Waals surface area contributed by atoms with E-state index in [4.69, 9.17) is 14.6 Å². The fourth-order valence-electron chi connectivity index (χ4n) is 3.24. The molecule has 0 amide bonds. The summed E-state index contributed by atoms with van der Waals surface area (Å²) in [6.45, 7) is -0.113. The molecule has 0 saturated heterocycles. The molecule has 0 aromatic heterocycles. The number of sulfonamides is 1. The Labute approximate surface area is 172 Å². The van der Waals surface area contributed by atoms with Crippen molar-refractivity contribution in [1.82, 2.24) is 0 Å². The fourth-order valence-corrected chi connectivity index (χ4v) is 3.76. The second kappa shape index (κ2) is 7.20. The maximum atomic E-state index is 14.2. The van der Waals surface area contributed by atoms with Crippen LogP contribution < -0.4 is 14.6 Å². The van der Waals surface area contributed by atoms with E-state index in [0.717, 1.165) is 0 Å². The summed E-state index contributed by atoms with van der Waals surface area (Å²) in [5.41, 5.74) is -1.29. The Morgan fingerprint density at radius 1 is 0.806 bits per heavy atom. The number of hydrogen-bond donors (Lipinski definition) is 1. The van der Waals surface area contributed by atoms with E-state index in [1.807, 2.05) is 0 Å². The highest BCUT2D eigenvalue weighted by Crippen LogP contribution is 2.44. The van der Waals surface area contributed by atoms with Crippen molar-refractivity contribution in [2.75, 3.05) is 6.79 Å². The number of ether oxygens (including phenoxy) is 2. The van der Waals surface area contributed by atoms with Gasteiger partial charge in [0.2, 0.25) is 16.8 Å². The quantitative estimate of drug-likeness (QED) is 0.579. The lowest BCUT2D eigenvalue weighted by molar-refractivity contribution is -0.142. The summed E-state index contributed by atoms with van der Waals surface area (Å²) in [5, 5.41) is 5.08. The Hall–Kier alpha value is -3.18. The molecule has 1 aliphatic rings. The zero-order valence-electron chi connectivity index (χ0n) is 15.3. The first kappa shape index (κ1) is 21.1. The molecule has 0 radical (unpaired) electrons. The lowest BCUT2D eigenvalue weighted by atomic mass is 9.93. The van der Waals surface area contributed by atoms with E-state index >= 15 is 0 Å². The third-order valence-electron chi connectivity index (χ3n) is 4.64. The number of fused-ring (bicyclic) bond motifs is 1. The van der Waals surface area contributed by atoms with Gasteiger partial charge in [-0.05, 0) is 58.7 Å². The average molecular weight is 457 g/mol. The van der Waals surface area contributed by atoms with Crippen LogP contribution in [-0.4, -0.2) is 15.2 Å². The van der Waals surface area contributed by atoms with Gasteiger partial charge in [-0.25, -0.2) is 22.3 Å². The predicted molar refractivity (Wildman–Crippen MR) is 99.7 cm³/mol. The number of alkyl halides is 3. The van der Waals surface area contributed by atoms with Gasteiger partial charge in [-0.2, -0.15) is 13.2 Å². The van der Waals surface area contributed by atoms with Crippen molar-refractivity contribution in [2.45, 2.75) is 11.1 Å². The van der Waals surface area contributed by atoms with Crippen molar-refractivity contribution in [3.8, 4) is 33.8 Å². The highest BCUT2D eigenvalue weighted by atomic mass is 32.2. The summed E-state index contributed by atoms with van der Waals surface area (Å²) in [6.07, 6.45) is -5.20. The van der Waals surface area contributed by atoms with Crippen LogP contribution in [0.15, 0.2) is 53.4 Å². The highest BCUT2D eigenvalue weighted by molar-refractivity contribution is 7.89. The Balaban J connectivity index is 1.91. The molecule has 0 atom stereocenters. The normalized spacial score (nSPS) is 13.5. The van der Waals surface area contributed by atoms with Crippen molar-refractivity contribution in [1.29, 1.82) is 0 Å². The van der Waals surface area contributed by atoms with Gasteiger partial charge in [0.25, 0.3) is 0 Å². The van der Waals surface area contributed by atoms with Crippen LogP contribution in [0.1, 0.15) is 5.56 Å². The van der Waals surface area contributed by atoms with E-state index in [1.54, 1.807) is 0 Å². The zero-order chi connectivity index (χ0) is 22.6. The Morgan fingerprint density at radius 3 is 1.74 bits per heavy atom. The van der Waals surface area contributed by atoms with Gasteiger partial charge in [-0.3, -0.25) is 0 Å². The van der Waals surface area contributed by atoms with Gasteiger partial charge in [0.15, 0.2) is 11.5 Å². The number of nitrogens with two attached hydrogens (primary N) is 1. The van der Waals surface area contributed by atoms with E-state index in [1.165, 1.54) is 36.4 Å². The summed E-state index contributed by atoms with van der Waals surface area (Å²) in [5.74, 6) is -2.99. The number of benzene rings is 3. The average Bonchev–Trinajstić information content (AvgIpc) is 3.12. The molecule has 0 saturated carbocycles. The first-order valence-corrected chi connectivity index (χ1v) is 10.1. The largest absolute Gasteiger partial charge is 0.454 e. The van der Waals surface area contributed by atoms with Crippen LogP contribution in [0.3, 0.4) is 0 Å². The van der Waals surface area contributed by atoms with E-state index in [-0.39, 0.29) is 28.6 Å². The fraction of sp³-hybridized carbons (Fsp3) is 0.100. The molecule has 3 aromatic carbocycles. The highest BCUT2D eigenvalue weighted by Gasteiger charge is 2.38. The molecule has 0 bridgehead atoms. The van der Waals surface area contributed by atoms with Gasteiger partial charge >= 0.3 is 6.18 Å². The topological polar surface area (TPSA) is 78.6 Å². The van der Waals surface area contributed by atoms with Gasteiger partial charge in [0.05, 0.1) is 4.90 Å². The van der Waals surface area contributed by atoms with Gasteiger partial charge in [-0.15, -0.1) is 0 Å². The Morgan fingerprint density at radius 2 is 1.29 bits per heavy atom. The SMILES string of the molecule is NS(=O)(=O)c1ccc(-c2cc3c(cc2-c2cc(F)c(C(F)(F)F)c(F)c2)OCO3)cc1. The minimum absolute atomic E-state index is 0.113. The maximum Gasteiger partial charge on any atom is 0.422 e. The van der Waals surface area contributed by atoms with Crippen LogP contribution in [0.5, 0.6) is 11.5 Å². The molecule has 0 unspecified atom stereocenters. The second-order valence-corrected chi connectivity index (χ2v) is 8.19. The zero-order valence-corrected chi connectivity index (χ0v) is 16.2. The van der Waals surface area contributed by atoms with E-state index in [0.29, 0.717) is 29.0 Å². The van der Waals surface area contributed by atoms with Crippen LogP contribution in [0.2, 0.25) is 0 Å². The molecule has 11 heteroatoms. The molecule has 31 heavy (non-hydrogen) atoms. The predicted octanol–water partition coefficient (Wildman–Crippen LogP) is 4.69. The van der Waals surface area contributed by atoms with Crippen molar-refractivity contribution in [3.05, 3.63) is 65.7 Å². The lowest BCUT2D eigenvalue weighted by Gasteiger charge is -2.15.